The molecular formula is C7H9FLiN. The molecule has 1 nitrogen and oxygen atoms in total. The third-order valence-electron chi connectivity index (χ3n) is 1.15. The van der Waals surface area contributed by atoms with E-state index in [9.17, 15) is 4.39 Å². The Bertz CT molecular complexity index is 190. The van der Waals surface area contributed by atoms with E-state index in [2.05, 4.69) is 0 Å². The Kier molecular flexibility index (Phi) is 4.38. The quantitative estimate of drug-likeness (QED) is 0.459. The van der Waals surface area contributed by atoms with Gasteiger partial charge in [0.05, 0.1) is 0 Å². The van der Waals surface area contributed by atoms with Crippen molar-refractivity contribution < 1.29 is 24.7 Å². The molecular weight excluding hydrogens is 124 g/mol. The smallest absolute Gasteiger partial charge is 1.00 e. The molecule has 0 spiro atoms. The van der Waals surface area contributed by atoms with E-state index in [-0.39, 0.29) is 26.1 Å². The summed E-state index contributed by atoms with van der Waals surface area (Å²) in [6.07, 6.45) is 0. The summed E-state index contributed by atoms with van der Waals surface area (Å²) in [5, 5.41) is 0. The zero-order valence-electron chi connectivity index (χ0n) is 6.97. The van der Waals surface area contributed by atoms with Crippen LogP contribution in [0.15, 0.2) is 24.3 Å². The van der Waals surface area contributed by atoms with E-state index in [1.807, 2.05) is 0 Å². The van der Waals surface area contributed by atoms with Gasteiger partial charge in [-0.2, -0.15) is 0 Å². The maximum Gasteiger partial charge on any atom is 1.00 e. The first kappa shape index (κ1) is 9.71. The zero-order valence-corrected chi connectivity index (χ0v) is 5.97. The van der Waals surface area contributed by atoms with Gasteiger partial charge >= 0.3 is 18.9 Å². The van der Waals surface area contributed by atoms with Gasteiger partial charge in [-0.25, -0.2) is 4.39 Å². The average molecular weight is 133 g/mol. The van der Waals surface area contributed by atoms with Gasteiger partial charge < -0.3 is 7.16 Å². The molecule has 2 N–H and O–H groups in total. The van der Waals surface area contributed by atoms with Gasteiger partial charge in [0.25, 0.3) is 0 Å². The Morgan fingerprint density at radius 3 is 2.20 bits per heavy atom. The summed E-state index contributed by atoms with van der Waals surface area (Å²) >= 11 is 0. The van der Waals surface area contributed by atoms with Gasteiger partial charge in [-0.05, 0) is 17.7 Å². The fourth-order valence-corrected chi connectivity index (χ4v) is 0.620. The second kappa shape index (κ2) is 4.51. The molecule has 0 radical (unpaired) electrons. The van der Waals surface area contributed by atoms with Crippen LogP contribution in [-0.4, -0.2) is 0 Å². The molecule has 0 saturated carbocycles. The predicted molar refractivity (Wildman–Crippen MR) is 35.4 cm³/mol. The van der Waals surface area contributed by atoms with Crippen LogP contribution in [0.3, 0.4) is 0 Å². The van der Waals surface area contributed by atoms with Crippen LogP contribution in [-0.2, 0) is 6.54 Å². The minimum absolute atomic E-state index is 0. The minimum Gasteiger partial charge on any atom is -1.00 e. The first-order chi connectivity index (χ1) is 4.33. The van der Waals surface area contributed by atoms with Crippen molar-refractivity contribution in [3.05, 3.63) is 35.6 Å². The van der Waals surface area contributed by atoms with Crippen molar-refractivity contribution in [3.63, 3.8) is 0 Å². The van der Waals surface area contributed by atoms with E-state index in [0.29, 0.717) is 6.54 Å². The molecule has 0 heterocycles. The van der Waals surface area contributed by atoms with Crippen molar-refractivity contribution in [1.29, 1.82) is 0 Å². The van der Waals surface area contributed by atoms with E-state index < -0.39 is 0 Å². The molecule has 0 unspecified atom stereocenters. The van der Waals surface area contributed by atoms with Crippen LogP contribution >= 0.6 is 0 Å². The molecule has 0 atom stereocenters. The standard InChI is InChI=1S/C7H8FN.Li.H/c8-7-3-1-6(5-9)2-4-7;;/h1-4H,5,9H2;;/q;+1;-1. The van der Waals surface area contributed by atoms with Crippen molar-refractivity contribution in [2.75, 3.05) is 0 Å². The molecule has 1 aromatic carbocycles. The molecule has 0 aromatic heterocycles. The monoisotopic (exact) mass is 133 g/mol. The van der Waals surface area contributed by atoms with Gasteiger partial charge in [0.2, 0.25) is 0 Å². The van der Waals surface area contributed by atoms with Gasteiger partial charge in [-0.3, -0.25) is 0 Å². The van der Waals surface area contributed by atoms with Crippen molar-refractivity contribution in [1.82, 2.24) is 0 Å². The second-order valence-corrected chi connectivity index (χ2v) is 1.83. The number of hydrogen-bond donors (Lipinski definition) is 1. The molecule has 0 aliphatic rings. The largest absolute Gasteiger partial charge is 1.00 e. The topological polar surface area (TPSA) is 26.0 Å². The number of rotatable bonds is 1. The van der Waals surface area contributed by atoms with E-state index in [0.717, 1.165) is 5.56 Å². The van der Waals surface area contributed by atoms with E-state index in [1.54, 1.807) is 12.1 Å². The number of nitrogens with two attached hydrogens (primary N) is 1. The molecule has 1 aromatic rings. The first-order valence-corrected chi connectivity index (χ1v) is 2.77. The fraction of sp³-hybridized carbons (Fsp3) is 0.143. The first-order valence-electron chi connectivity index (χ1n) is 2.77. The Hall–Kier alpha value is -0.293. The summed E-state index contributed by atoms with van der Waals surface area (Å²) < 4.78 is 12.2. The van der Waals surface area contributed by atoms with Crippen molar-refractivity contribution in [2.24, 2.45) is 5.73 Å². The van der Waals surface area contributed by atoms with Crippen LogP contribution in [0, 0.1) is 5.82 Å². The molecule has 0 saturated heterocycles. The molecule has 0 aliphatic heterocycles. The van der Waals surface area contributed by atoms with Gasteiger partial charge in [0.1, 0.15) is 5.82 Å². The predicted octanol–water partition coefficient (Wildman–Crippen LogP) is -1.60. The Balaban J connectivity index is 0. The average Bonchev–Trinajstić information content (AvgIpc) is 1.90. The molecule has 0 aliphatic carbocycles. The van der Waals surface area contributed by atoms with Crippen molar-refractivity contribution >= 4 is 0 Å². The minimum atomic E-state index is -0.216. The molecule has 0 bridgehead atoms. The van der Waals surface area contributed by atoms with E-state index in [1.165, 1.54) is 12.1 Å². The van der Waals surface area contributed by atoms with Gasteiger partial charge in [-0.15, -0.1) is 0 Å². The fourth-order valence-electron chi connectivity index (χ4n) is 0.620. The second-order valence-electron chi connectivity index (χ2n) is 1.83. The Morgan fingerprint density at radius 1 is 1.30 bits per heavy atom. The number of hydrogen-bond acceptors (Lipinski definition) is 1. The van der Waals surface area contributed by atoms with E-state index in [4.69, 9.17) is 5.73 Å². The summed E-state index contributed by atoms with van der Waals surface area (Å²) in [5.74, 6) is -0.216. The van der Waals surface area contributed by atoms with Crippen LogP contribution < -0.4 is 24.6 Å². The van der Waals surface area contributed by atoms with E-state index >= 15 is 0 Å². The van der Waals surface area contributed by atoms with Crippen LogP contribution in [0.4, 0.5) is 4.39 Å². The molecule has 10 heavy (non-hydrogen) atoms. The Labute approximate surface area is 73.1 Å². The van der Waals surface area contributed by atoms with Crippen LogP contribution in [0.5, 0.6) is 0 Å². The summed E-state index contributed by atoms with van der Waals surface area (Å²) in [6, 6.07) is 6.16. The summed E-state index contributed by atoms with van der Waals surface area (Å²) in [5.41, 5.74) is 6.23. The molecule has 0 fully saturated rings. The summed E-state index contributed by atoms with van der Waals surface area (Å²) in [4.78, 5) is 0. The van der Waals surface area contributed by atoms with Crippen molar-refractivity contribution in [3.8, 4) is 0 Å². The molecule has 50 valence electrons. The third-order valence-corrected chi connectivity index (χ3v) is 1.15. The molecule has 3 heteroatoms. The van der Waals surface area contributed by atoms with Gasteiger partial charge in [-0.1, -0.05) is 12.1 Å². The third kappa shape index (κ3) is 2.53. The Morgan fingerprint density at radius 2 is 1.80 bits per heavy atom. The summed E-state index contributed by atoms with van der Waals surface area (Å²) in [6.45, 7) is 0.472. The summed E-state index contributed by atoms with van der Waals surface area (Å²) in [7, 11) is 0. The number of benzene rings is 1. The van der Waals surface area contributed by atoms with Gasteiger partial charge in [0.15, 0.2) is 0 Å². The van der Waals surface area contributed by atoms with Crippen LogP contribution in [0.25, 0.3) is 0 Å². The normalized spacial score (nSPS) is 8.60. The number of halogens is 1. The maximum atomic E-state index is 12.2. The van der Waals surface area contributed by atoms with Crippen LogP contribution in [0.2, 0.25) is 0 Å². The van der Waals surface area contributed by atoms with Crippen molar-refractivity contribution in [2.45, 2.75) is 6.54 Å². The maximum absolute atomic E-state index is 12.2. The molecule has 1 rings (SSSR count). The SMILES string of the molecule is NCc1ccc(F)cc1.[H-].[Li+]. The van der Waals surface area contributed by atoms with Gasteiger partial charge in [0, 0.05) is 6.54 Å². The van der Waals surface area contributed by atoms with Crippen LogP contribution in [0.1, 0.15) is 6.99 Å². The zero-order chi connectivity index (χ0) is 6.69. The molecule has 0 amide bonds.